The summed E-state index contributed by atoms with van der Waals surface area (Å²) in [5, 5.41) is 3.95. The van der Waals surface area contributed by atoms with Crippen molar-refractivity contribution in [1.29, 1.82) is 0 Å². The van der Waals surface area contributed by atoms with Gasteiger partial charge in [0.2, 0.25) is 0 Å². The van der Waals surface area contributed by atoms with Crippen LogP contribution in [0.1, 0.15) is 49.4 Å². The van der Waals surface area contributed by atoms with Crippen LogP contribution in [0.3, 0.4) is 0 Å². The molecule has 0 fully saturated rings. The molecular formula is C17H22ClNO. The first kappa shape index (κ1) is 15.1. The summed E-state index contributed by atoms with van der Waals surface area (Å²) in [6.07, 6.45) is 2.55. The highest BCUT2D eigenvalue weighted by Crippen LogP contribution is 2.27. The third kappa shape index (κ3) is 3.65. The second-order valence-corrected chi connectivity index (χ2v) is 5.70. The smallest absolute Gasteiger partial charge is 0.197 e. The minimum atomic E-state index is 0.191. The Morgan fingerprint density at radius 1 is 1.15 bits per heavy atom. The van der Waals surface area contributed by atoms with Crippen molar-refractivity contribution in [2.24, 2.45) is 0 Å². The minimum Gasteiger partial charge on any atom is -0.453 e. The van der Waals surface area contributed by atoms with Gasteiger partial charge in [-0.2, -0.15) is 0 Å². The Balaban J connectivity index is 2.14. The van der Waals surface area contributed by atoms with Crippen molar-refractivity contribution in [3.8, 4) is 0 Å². The minimum absolute atomic E-state index is 0.191. The van der Waals surface area contributed by atoms with E-state index in [1.165, 1.54) is 11.1 Å². The Labute approximate surface area is 126 Å². The van der Waals surface area contributed by atoms with Crippen LogP contribution in [0.15, 0.2) is 41.0 Å². The fourth-order valence-corrected chi connectivity index (χ4v) is 2.61. The number of rotatable bonds is 6. The number of furan rings is 1. The molecular weight excluding hydrogens is 270 g/mol. The molecule has 0 aliphatic carbocycles. The Bertz CT molecular complexity index is 530. The lowest BCUT2D eigenvalue weighted by Gasteiger charge is -2.17. The molecule has 1 aromatic heterocycles. The number of likely N-dealkylation sites (N-methyl/N-ethyl adjacent to an activating group) is 1. The van der Waals surface area contributed by atoms with Gasteiger partial charge < -0.3 is 9.73 Å². The van der Waals surface area contributed by atoms with Gasteiger partial charge in [0.15, 0.2) is 5.22 Å². The van der Waals surface area contributed by atoms with Crippen LogP contribution in [0.25, 0.3) is 0 Å². The fourth-order valence-electron chi connectivity index (χ4n) is 2.37. The second kappa shape index (κ2) is 6.96. The van der Waals surface area contributed by atoms with Crippen molar-refractivity contribution in [1.82, 2.24) is 5.32 Å². The zero-order chi connectivity index (χ0) is 14.5. The Morgan fingerprint density at radius 3 is 2.35 bits per heavy atom. The first-order valence-electron chi connectivity index (χ1n) is 7.17. The van der Waals surface area contributed by atoms with Crippen LogP contribution in [0.2, 0.25) is 5.22 Å². The summed E-state index contributed by atoms with van der Waals surface area (Å²) in [7, 11) is 0. The predicted molar refractivity (Wildman–Crippen MR) is 84.4 cm³/mol. The molecule has 0 aliphatic heterocycles. The van der Waals surface area contributed by atoms with Gasteiger partial charge in [-0.15, -0.1) is 0 Å². The van der Waals surface area contributed by atoms with Crippen LogP contribution in [0.4, 0.5) is 0 Å². The molecule has 0 amide bonds. The first-order chi connectivity index (χ1) is 9.61. The first-order valence-corrected chi connectivity index (χ1v) is 7.54. The maximum atomic E-state index is 6.10. The van der Waals surface area contributed by atoms with Crippen molar-refractivity contribution < 1.29 is 4.42 Å². The van der Waals surface area contributed by atoms with Gasteiger partial charge in [-0.1, -0.05) is 45.0 Å². The topological polar surface area (TPSA) is 25.2 Å². The van der Waals surface area contributed by atoms with Gasteiger partial charge in [0.05, 0.1) is 6.26 Å². The highest BCUT2D eigenvalue weighted by atomic mass is 35.5. The van der Waals surface area contributed by atoms with Gasteiger partial charge in [-0.3, -0.25) is 0 Å². The molecule has 1 heterocycles. The van der Waals surface area contributed by atoms with E-state index in [0.29, 0.717) is 11.1 Å². The lowest BCUT2D eigenvalue weighted by atomic mass is 9.97. The second-order valence-electron chi connectivity index (χ2n) is 5.36. The van der Waals surface area contributed by atoms with E-state index in [1.54, 1.807) is 6.26 Å². The SMILES string of the molecule is CCNC(Cc1ccc(C(C)C)cc1)c1ccoc1Cl. The summed E-state index contributed by atoms with van der Waals surface area (Å²) < 4.78 is 5.21. The number of halogens is 1. The lowest BCUT2D eigenvalue weighted by molar-refractivity contribution is 0.526. The van der Waals surface area contributed by atoms with Crippen molar-refractivity contribution >= 4 is 11.6 Å². The summed E-state index contributed by atoms with van der Waals surface area (Å²) in [6, 6.07) is 11.0. The zero-order valence-corrected chi connectivity index (χ0v) is 13.1. The molecule has 2 aromatic rings. The Hall–Kier alpha value is -1.25. The summed E-state index contributed by atoms with van der Waals surface area (Å²) in [5.74, 6) is 0.567. The van der Waals surface area contributed by atoms with E-state index in [2.05, 4.69) is 50.4 Å². The van der Waals surface area contributed by atoms with E-state index < -0.39 is 0 Å². The molecule has 1 N–H and O–H groups in total. The number of hydrogen-bond donors (Lipinski definition) is 1. The van der Waals surface area contributed by atoms with Gasteiger partial charge >= 0.3 is 0 Å². The molecule has 0 bridgehead atoms. The highest BCUT2D eigenvalue weighted by Gasteiger charge is 2.16. The van der Waals surface area contributed by atoms with Crippen LogP contribution >= 0.6 is 11.6 Å². The number of benzene rings is 1. The molecule has 0 spiro atoms. The van der Waals surface area contributed by atoms with Gasteiger partial charge in [0.25, 0.3) is 0 Å². The lowest BCUT2D eigenvalue weighted by Crippen LogP contribution is -2.22. The van der Waals surface area contributed by atoms with Crippen LogP contribution in [-0.2, 0) is 6.42 Å². The van der Waals surface area contributed by atoms with Crippen molar-refractivity contribution in [3.05, 3.63) is 58.5 Å². The van der Waals surface area contributed by atoms with E-state index in [-0.39, 0.29) is 6.04 Å². The number of hydrogen-bond acceptors (Lipinski definition) is 2. The molecule has 0 saturated carbocycles. The third-order valence-electron chi connectivity index (χ3n) is 3.56. The van der Waals surface area contributed by atoms with Crippen LogP contribution in [0, 0.1) is 0 Å². The normalized spacial score (nSPS) is 12.8. The van der Waals surface area contributed by atoms with Gasteiger partial charge in [-0.05, 0) is 47.7 Å². The third-order valence-corrected chi connectivity index (χ3v) is 3.87. The van der Waals surface area contributed by atoms with Crippen LogP contribution < -0.4 is 5.32 Å². The molecule has 20 heavy (non-hydrogen) atoms. The van der Waals surface area contributed by atoms with E-state index in [4.69, 9.17) is 16.0 Å². The van der Waals surface area contributed by atoms with Crippen molar-refractivity contribution in [3.63, 3.8) is 0 Å². The van der Waals surface area contributed by atoms with Gasteiger partial charge in [0, 0.05) is 11.6 Å². The largest absolute Gasteiger partial charge is 0.453 e. The Kier molecular flexibility index (Phi) is 5.27. The molecule has 0 aliphatic rings. The molecule has 0 saturated heterocycles. The molecule has 2 nitrogen and oxygen atoms in total. The van der Waals surface area contributed by atoms with E-state index in [9.17, 15) is 0 Å². The van der Waals surface area contributed by atoms with Gasteiger partial charge in [0.1, 0.15) is 0 Å². The number of nitrogens with one attached hydrogen (secondary N) is 1. The van der Waals surface area contributed by atoms with E-state index >= 15 is 0 Å². The summed E-state index contributed by atoms with van der Waals surface area (Å²) >= 11 is 6.10. The monoisotopic (exact) mass is 291 g/mol. The molecule has 1 unspecified atom stereocenters. The predicted octanol–water partition coefficient (Wildman–Crippen LogP) is 4.95. The summed E-state index contributed by atoms with van der Waals surface area (Å²) in [6.45, 7) is 7.42. The summed E-state index contributed by atoms with van der Waals surface area (Å²) in [4.78, 5) is 0. The molecule has 3 heteroatoms. The molecule has 1 atom stereocenters. The molecule has 2 rings (SSSR count). The van der Waals surface area contributed by atoms with E-state index in [0.717, 1.165) is 18.5 Å². The maximum absolute atomic E-state index is 6.10. The average Bonchev–Trinajstić information content (AvgIpc) is 2.85. The van der Waals surface area contributed by atoms with Gasteiger partial charge in [-0.25, -0.2) is 0 Å². The average molecular weight is 292 g/mol. The van der Waals surface area contributed by atoms with Crippen molar-refractivity contribution in [2.75, 3.05) is 6.54 Å². The molecule has 1 aromatic carbocycles. The maximum Gasteiger partial charge on any atom is 0.197 e. The van der Waals surface area contributed by atoms with Crippen molar-refractivity contribution in [2.45, 2.75) is 39.2 Å². The molecule has 0 radical (unpaired) electrons. The summed E-state index contributed by atoms with van der Waals surface area (Å²) in [5.41, 5.74) is 3.70. The standard InChI is InChI=1S/C17H22ClNO/c1-4-19-16(15-9-10-20-17(15)18)11-13-5-7-14(8-6-13)12(2)3/h5-10,12,16,19H,4,11H2,1-3H3. The molecule has 108 valence electrons. The zero-order valence-electron chi connectivity index (χ0n) is 12.3. The Morgan fingerprint density at radius 2 is 1.85 bits per heavy atom. The van der Waals surface area contributed by atoms with E-state index in [1.807, 2.05) is 6.07 Å². The highest BCUT2D eigenvalue weighted by molar-refractivity contribution is 6.29. The van der Waals surface area contributed by atoms with Crippen LogP contribution in [0.5, 0.6) is 0 Å². The fraction of sp³-hybridized carbons (Fsp3) is 0.412. The quantitative estimate of drug-likeness (QED) is 0.814. The van der Waals surface area contributed by atoms with Crippen LogP contribution in [-0.4, -0.2) is 6.54 Å².